The summed E-state index contributed by atoms with van der Waals surface area (Å²) in [5.41, 5.74) is 5.94. The smallest absolute Gasteiger partial charge is 0.259 e. The summed E-state index contributed by atoms with van der Waals surface area (Å²) in [7, 11) is -4.37. The van der Waals surface area contributed by atoms with Gasteiger partial charge < -0.3 is 16.0 Å². The Kier molecular flexibility index (Phi) is 7.93. The van der Waals surface area contributed by atoms with E-state index in [0.717, 1.165) is 33.5 Å². The summed E-state index contributed by atoms with van der Waals surface area (Å²) >= 11 is 5.82. The SMILES string of the molecule is NC1CCC(NC(=O)C2N(C(=O)c3cccc(F)c3)CCCN2S(=O)(=O)c2ccc(F)c(Cl)c2)CC1. The molecule has 1 heterocycles. The van der Waals surface area contributed by atoms with Crippen molar-refractivity contribution in [2.24, 2.45) is 5.73 Å². The fourth-order valence-corrected chi connectivity index (χ4v) is 6.50. The predicted molar refractivity (Wildman–Crippen MR) is 130 cm³/mol. The van der Waals surface area contributed by atoms with E-state index in [2.05, 4.69) is 5.32 Å². The summed E-state index contributed by atoms with van der Waals surface area (Å²) in [5.74, 6) is -2.78. The van der Waals surface area contributed by atoms with Crippen molar-refractivity contribution >= 4 is 33.4 Å². The van der Waals surface area contributed by atoms with Crippen LogP contribution in [0.25, 0.3) is 0 Å². The minimum absolute atomic E-state index is 0.0134. The highest BCUT2D eigenvalue weighted by Crippen LogP contribution is 2.29. The predicted octanol–water partition coefficient (Wildman–Crippen LogP) is 2.87. The molecule has 8 nitrogen and oxygen atoms in total. The lowest BCUT2D eigenvalue weighted by molar-refractivity contribution is -0.132. The van der Waals surface area contributed by atoms with E-state index < -0.39 is 39.6 Å². The van der Waals surface area contributed by atoms with Crippen LogP contribution < -0.4 is 11.1 Å². The van der Waals surface area contributed by atoms with Gasteiger partial charge in [0, 0.05) is 30.7 Å². The molecule has 36 heavy (non-hydrogen) atoms. The molecule has 2 aromatic carbocycles. The Morgan fingerprint density at radius 2 is 1.75 bits per heavy atom. The highest BCUT2D eigenvalue weighted by molar-refractivity contribution is 7.89. The zero-order valence-electron chi connectivity index (χ0n) is 19.4. The van der Waals surface area contributed by atoms with Crippen molar-refractivity contribution in [1.82, 2.24) is 14.5 Å². The number of benzene rings is 2. The Morgan fingerprint density at radius 1 is 1.03 bits per heavy atom. The van der Waals surface area contributed by atoms with Gasteiger partial charge in [-0.05, 0) is 68.5 Å². The molecule has 1 saturated carbocycles. The Bertz CT molecular complexity index is 1250. The second-order valence-corrected chi connectivity index (χ2v) is 11.3. The number of halogens is 3. The first-order valence-corrected chi connectivity index (χ1v) is 13.5. The Morgan fingerprint density at radius 3 is 2.42 bits per heavy atom. The van der Waals surface area contributed by atoms with Crippen LogP contribution in [0, 0.1) is 11.6 Å². The number of hydrogen-bond donors (Lipinski definition) is 2. The number of carbonyl (C=O) groups excluding carboxylic acids is 2. The third-order valence-electron chi connectivity index (χ3n) is 6.53. The van der Waals surface area contributed by atoms with E-state index in [1.165, 1.54) is 18.2 Å². The van der Waals surface area contributed by atoms with Crippen molar-refractivity contribution in [1.29, 1.82) is 0 Å². The fourth-order valence-electron chi connectivity index (χ4n) is 4.63. The van der Waals surface area contributed by atoms with Gasteiger partial charge >= 0.3 is 0 Å². The van der Waals surface area contributed by atoms with E-state index in [1.54, 1.807) is 0 Å². The molecule has 12 heteroatoms. The summed E-state index contributed by atoms with van der Waals surface area (Å²) < 4.78 is 55.7. The number of nitrogens with one attached hydrogen (secondary N) is 1. The standard InChI is InChI=1S/C24H27ClF2N4O4S/c25-20-14-19(9-10-21(20)27)36(34,35)31-12-2-11-30(24(33)15-3-1-4-16(26)13-15)23(31)22(32)29-18-7-5-17(28)6-8-18/h1,3-4,9-10,13-14,17-18,23H,2,5-8,11-12,28H2,(H,29,32). The topological polar surface area (TPSA) is 113 Å². The van der Waals surface area contributed by atoms with Crippen LogP contribution in [-0.2, 0) is 14.8 Å². The van der Waals surface area contributed by atoms with Crippen molar-refractivity contribution in [2.75, 3.05) is 13.1 Å². The van der Waals surface area contributed by atoms with Gasteiger partial charge in [0.25, 0.3) is 11.8 Å². The van der Waals surface area contributed by atoms with E-state index >= 15 is 0 Å². The molecule has 4 rings (SSSR count). The summed E-state index contributed by atoms with van der Waals surface area (Å²) in [6.45, 7) is 0.0249. The first-order valence-electron chi connectivity index (χ1n) is 11.7. The summed E-state index contributed by atoms with van der Waals surface area (Å²) in [6.07, 6.45) is 1.36. The number of nitrogens with two attached hydrogens (primary N) is 1. The van der Waals surface area contributed by atoms with Gasteiger partial charge in [0.05, 0.1) is 9.92 Å². The van der Waals surface area contributed by atoms with Gasteiger partial charge in [0.2, 0.25) is 10.0 Å². The molecular formula is C24H27ClF2N4O4S. The van der Waals surface area contributed by atoms with Crippen LogP contribution in [0.5, 0.6) is 0 Å². The highest BCUT2D eigenvalue weighted by atomic mass is 35.5. The molecule has 3 N–H and O–H groups in total. The highest BCUT2D eigenvalue weighted by Gasteiger charge is 2.45. The maximum Gasteiger partial charge on any atom is 0.259 e. The molecule has 0 bridgehead atoms. The van der Waals surface area contributed by atoms with E-state index in [1.807, 2.05) is 0 Å². The Balaban J connectivity index is 1.71. The molecule has 0 aromatic heterocycles. The number of nitrogens with zero attached hydrogens (tertiary/aromatic N) is 2. The third-order valence-corrected chi connectivity index (χ3v) is 8.67. The largest absolute Gasteiger partial charge is 0.350 e. The molecule has 0 spiro atoms. The van der Waals surface area contributed by atoms with Crippen LogP contribution in [-0.4, -0.2) is 60.8 Å². The van der Waals surface area contributed by atoms with Crippen molar-refractivity contribution in [3.8, 4) is 0 Å². The molecule has 1 aliphatic carbocycles. The first kappa shape index (κ1) is 26.5. The molecule has 2 amide bonds. The third kappa shape index (κ3) is 5.54. The van der Waals surface area contributed by atoms with Crippen LogP contribution in [0.2, 0.25) is 5.02 Å². The van der Waals surface area contributed by atoms with Gasteiger partial charge in [0.1, 0.15) is 11.6 Å². The van der Waals surface area contributed by atoms with Gasteiger partial charge in [0.15, 0.2) is 6.17 Å². The van der Waals surface area contributed by atoms with Crippen LogP contribution in [0.1, 0.15) is 42.5 Å². The van der Waals surface area contributed by atoms with Crippen LogP contribution in [0.4, 0.5) is 8.78 Å². The molecule has 0 radical (unpaired) electrons. The summed E-state index contributed by atoms with van der Waals surface area (Å²) in [5, 5.41) is 2.49. The van der Waals surface area contributed by atoms with Crippen LogP contribution in [0.15, 0.2) is 47.4 Å². The number of hydrogen-bond acceptors (Lipinski definition) is 5. The monoisotopic (exact) mass is 540 g/mol. The number of sulfonamides is 1. The number of carbonyl (C=O) groups is 2. The number of amides is 2. The van der Waals surface area contributed by atoms with Gasteiger partial charge in [-0.2, -0.15) is 4.31 Å². The van der Waals surface area contributed by atoms with E-state index in [4.69, 9.17) is 17.3 Å². The average molecular weight is 541 g/mol. The Hall–Kier alpha value is -2.60. The van der Waals surface area contributed by atoms with Crippen molar-refractivity contribution in [3.05, 3.63) is 64.7 Å². The molecular weight excluding hydrogens is 514 g/mol. The molecule has 194 valence electrons. The van der Waals surface area contributed by atoms with Gasteiger partial charge in [-0.3, -0.25) is 9.59 Å². The van der Waals surface area contributed by atoms with Gasteiger partial charge in [-0.1, -0.05) is 17.7 Å². The van der Waals surface area contributed by atoms with Gasteiger partial charge in [-0.15, -0.1) is 0 Å². The fraction of sp³-hybridized carbons (Fsp3) is 0.417. The molecule has 2 aliphatic rings. The Labute approximate surface area is 213 Å². The average Bonchev–Trinajstić information content (AvgIpc) is 2.86. The first-order chi connectivity index (χ1) is 17.1. The summed E-state index contributed by atoms with van der Waals surface area (Å²) in [4.78, 5) is 27.8. The van der Waals surface area contributed by atoms with E-state index in [0.29, 0.717) is 25.7 Å². The molecule has 2 aromatic rings. The lowest BCUT2D eigenvalue weighted by Gasteiger charge is -2.42. The number of rotatable bonds is 5. The zero-order valence-corrected chi connectivity index (χ0v) is 20.9. The second-order valence-electron chi connectivity index (χ2n) is 9.05. The summed E-state index contributed by atoms with van der Waals surface area (Å²) in [6, 6.07) is 7.74. The molecule has 1 unspecified atom stereocenters. The van der Waals surface area contributed by atoms with Crippen LogP contribution >= 0.6 is 11.6 Å². The second kappa shape index (κ2) is 10.8. The van der Waals surface area contributed by atoms with Crippen molar-refractivity contribution < 1.29 is 26.8 Å². The maximum atomic E-state index is 13.8. The van der Waals surface area contributed by atoms with Crippen molar-refractivity contribution in [3.63, 3.8) is 0 Å². The quantitative estimate of drug-likeness (QED) is 0.605. The molecule has 1 atom stereocenters. The molecule has 1 aliphatic heterocycles. The van der Waals surface area contributed by atoms with Crippen LogP contribution in [0.3, 0.4) is 0 Å². The van der Waals surface area contributed by atoms with Crippen molar-refractivity contribution in [2.45, 2.75) is 55.2 Å². The minimum atomic E-state index is -4.37. The van der Waals surface area contributed by atoms with E-state index in [9.17, 15) is 26.8 Å². The molecule has 2 fully saturated rings. The lowest BCUT2D eigenvalue weighted by Crippen LogP contribution is -2.64. The maximum absolute atomic E-state index is 13.8. The molecule has 1 saturated heterocycles. The van der Waals surface area contributed by atoms with Gasteiger partial charge in [-0.25, -0.2) is 17.2 Å². The normalized spacial score (nSPS) is 23.3. The zero-order chi connectivity index (χ0) is 26.0. The lowest BCUT2D eigenvalue weighted by atomic mass is 9.92. The minimum Gasteiger partial charge on any atom is -0.350 e. The van der Waals surface area contributed by atoms with E-state index in [-0.39, 0.29) is 47.1 Å².